The number of hydrogen-bond acceptors (Lipinski definition) is 7. The number of nitrogens with two attached hydrogens (primary N) is 1. The van der Waals surface area contributed by atoms with E-state index in [2.05, 4.69) is 20.7 Å². The minimum absolute atomic E-state index is 0.376. The predicted molar refractivity (Wildman–Crippen MR) is 74.8 cm³/mol. The highest BCUT2D eigenvalue weighted by Gasteiger charge is 2.20. The number of methoxy groups -OCH3 is 1. The van der Waals surface area contributed by atoms with Gasteiger partial charge in [0.1, 0.15) is 17.5 Å². The minimum Gasteiger partial charge on any atom is -0.388 e. The number of hydrazine groups is 1. The largest absolute Gasteiger partial charge is 0.388 e. The summed E-state index contributed by atoms with van der Waals surface area (Å²) >= 11 is 0. The van der Waals surface area contributed by atoms with Gasteiger partial charge in [0.25, 0.3) is 0 Å². The van der Waals surface area contributed by atoms with Crippen LogP contribution < -0.4 is 16.6 Å². The van der Waals surface area contributed by atoms with E-state index in [9.17, 15) is 5.11 Å². The molecule has 0 fully saturated rings. The molecule has 1 rings (SSSR count). The van der Waals surface area contributed by atoms with Crippen molar-refractivity contribution in [3.05, 3.63) is 11.9 Å². The third-order valence-electron chi connectivity index (χ3n) is 2.73. The number of aliphatic hydroxyl groups is 1. The van der Waals surface area contributed by atoms with Crippen molar-refractivity contribution in [1.82, 2.24) is 9.97 Å². The van der Waals surface area contributed by atoms with Gasteiger partial charge in [0.15, 0.2) is 0 Å². The molecule has 1 atom stereocenters. The Morgan fingerprint density at radius 3 is 2.68 bits per heavy atom. The molecule has 0 bridgehead atoms. The van der Waals surface area contributed by atoms with Crippen LogP contribution in [0.25, 0.3) is 0 Å². The standard InChI is InChI=1S/C12H23N5O2/c1-4-9-15-10(7-11(16-9)17-13)14-8-12(2,18)5-6-19-3/h7,18H,4-6,8,13H2,1-3H3,(H2,14,15,16,17). The first-order valence-electron chi connectivity index (χ1n) is 6.30. The van der Waals surface area contributed by atoms with Crippen LogP contribution in [0, 0.1) is 0 Å². The SMILES string of the molecule is CCc1nc(NN)cc(NCC(C)(O)CCOC)n1. The number of rotatable bonds is 8. The zero-order valence-electron chi connectivity index (χ0n) is 11.7. The molecule has 0 aliphatic heterocycles. The van der Waals surface area contributed by atoms with Crippen LogP contribution in [0.3, 0.4) is 0 Å². The molecule has 7 nitrogen and oxygen atoms in total. The van der Waals surface area contributed by atoms with Crippen LogP contribution in [-0.2, 0) is 11.2 Å². The molecule has 0 aromatic carbocycles. The van der Waals surface area contributed by atoms with Crippen LogP contribution in [0.2, 0.25) is 0 Å². The summed E-state index contributed by atoms with van der Waals surface area (Å²) in [6, 6.07) is 1.70. The van der Waals surface area contributed by atoms with Gasteiger partial charge in [0.05, 0.1) is 5.60 Å². The summed E-state index contributed by atoms with van der Waals surface area (Å²) < 4.78 is 4.96. The van der Waals surface area contributed by atoms with Gasteiger partial charge in [-0.2, -0.15) is 0 Å². The monoisotopic (exact) mass is 269 g/mol. The second-order valence-corrected chi connectivity index (χ2v) is 4.65. The molecule has 0 aliphatic carbocycles. The van der Waals surface area contributed by atoms with Crippen molar-refractivity contribution in [1.29, 1.82) is 0 Å². The maximum absolute atomic E-state index is 10.1. The van der Waals surface area contributed by atoms with Crippen LogP contribution in [0.4, 0.5) is 11.6 Å². The lowest BCUT2D eigenvalue weighted by Gasteiger charge is -2.23. The highest BCUT2D eigenvalue weighted by molar-refractivity contribution is 5.47. The van der Waals surface area contributed by atoms with E-state index in [0.29, 0.717) is 43.5 Å². The minimum atomic E-state index is -0.857. The first-order valence-corrected chi connectivity index (χ1v) is 6.30. The Labute approximate surface area is 113 Å². The number of nitrogens with one attached hydrogen (secondary N) is 2. The molecule has 7 heteroatoms. The number of hydrogen-bond donors (Lipinski definition) is 4. The van der Waals surface area contributed by atoms with Crippen molar-refractivity contribution < 1.29 is 9.84 Å². The third-order valence-corrected chi connectivity index (χ3v) is 2.73. The molecule has 19 heavy (non-hydrogen) atoms. The Bertz CT molecular complexity index is 375. The van der Waals surface area contributed by atoms with Crippen LogP contribution in [0.15, 0.2) is 6.07 Å². The second-order valence-electron chi connectivity index (χ2n) is 4.65. The highest BCUT2D eigenvalue weighted by atomic mass is 16.5. The summed E-state index contributed by atoms with van der Waals surface area (Å²) in [5.74, 6) is 7.23. The maximum atomic E-state index is 10.1. The fourth-order valence-corrected chi connectivity index (χ4v) is 1.51. The van der Waals surface area contributed by atoms with Crippen LogP contribution in [0.1, 0.15) is 26.1 Å². The summed E-state index contributed by atoms with van der Waals surface area (Å²) in [7, 11) is 1.61. The molecule has 0 saturated carbocycles. The summed E-state index contributed by atoms with van der Waals surface area (Å²) in [6.45, 7) is 4.60. The molecular weight excluding hydrogens is 246 g/mol. The number of nitrogen functional groups attached to an aromatic ring is 1. The Balaban J connectivity index is 2.66. The van der Waals surface area contributed by atoms with E-state index in [1.54, 1.807) is 20.1 Å². The maximum Gasteiger partial charge on any atom is 0.145 e. The number of anilines is 2. The lowest BCUT2D eigenvalue weighted by atomic mass is 10.0. The van der Waals surface area contributed by atoms with Gasteiger partial charge in [-0.3, -0.25) is 0 Å². The van der Waals surface area contributed by atoms with Crippen molar-refractivity contribution in [3.8, 4) is 0 Å². The predicted octanol–water partition coefficient (Wildman–Crippen LogP) is 0.524. The van der Waals surface area contributed by atoms with Gasteiger partial charge < -0.3 is 20.6 Å². The van der Waals surface area contributed by atoms with Crippen LogP contribution in [0.5, 0.6) is 0 Å². The molecule has 5 N–H and O–H groups in total. The summed E-state index contributed by atoms with van der Waals surface area (Å²) in [5.41, 5.74) is 1.64. The second kappa shape index (κ2) is 7.22. The van der Waals surface area contributed by atoms with E-state index >= 15 is 0 Å². The Hall–Kier alpha value is -1.44. The van der Waals surface area contributed by atoms with Crippen LogP contribution in [-0.4, -0.2) is 40.9 Å². The highest BCUT2D eigenvalue weighted by Crippen LogP contribution is 2.14. The molecule has 1 unspecified atom stereocenters. The van der Waals surface area contributed by atoms with E-state index in [0.717, 1.165) is 0 Å². The molecule has 0 saturated heterocycles. The molecular formula is C12H23N5O2. The van der Waals surface area contributed by atoms with Gasteiger partial charge in [-0.15, -0.1) is 0 Å². The number of aryl methyl sites for hydroxylation is 1. The van der Waals surface area contributed by atoms with E-state index in [-0.39, 0.29) is 0 Å². The van der Waals surface area contributed by atoms with Crippen molar-refractivity contribution in [3.63, 3.8) is 0 Å². The fourth-order valence-electron chi connectivity index (χ4n) is 1.51. The van der Waals surface area contributed by atoms with E-state index < -0.39 is 5.60 Å². The van der Waals surface area contributed by atoms with E-state index in [4.69, 9.17) is 10.6 Å². The van der Waals surface area contributed by atoms with Gasteiger partial charge >= 0.3 is 0 Å². The van der Waals surface area contributed by atoms with Gasteiger partial charge in [-0.1, -0.05) is 6.92 Å². The van der Waals surface area contributed by atoms with E-state index in [1.165, 1.54) is 0 Å². The molecule has 1 aromatic heterocycles. The molecule has 1 heterocycles. The van der Waals surface area contributed by atoms with Crippen molar-refractivity contribution in [2.75, 3.05) is 31.0 Å². The average molecular weight is 269 g/mol. The number of aromatic nitrogens is 2. The first kappa shape index (κ1) is 15.6. The Kier molecular flexibility index (Phi) is 5.94. The lowest BCUT2D eigenvalue weighted by Crippen LogP contribution is -2.35. The molecule has 0 amide bonds. The Morgan fingerprint density at radius 1 is 1.42 bits per heavy atom. The topological polar surface area (TPSA) is 105 Å². The summed E-state index contributed by atoms with van der Waals surface area (Å²) in [4.78, 5) is 8.52. The Morgan fingerprint density at radius 2 is 2.11 bits per heavy atom. The first-order chi connectivity index (χ1) is 9.00. The quantitative estimate of drug-likeness (QED) is 0.403. The van der Waals surface area contributed by atoms with Gasteiger partial charge in [0.2, 0.25) is 0 Å². The van der Waals surface area contributed by atoms with Gasteiger partial charge in [-0.25, -0.2) is 15.8 Å². The molecule has 0 aliphatic rings. The zero-order valence-corrected chi connectivity index (χ0v) is 11.7. The van der Waals surface area contributed by atoms with Crippen molar-refractivity contribution in [2.45, 2.75) is 32.3 Å². The molecule has 1 aromatic rings. The lowest BCUT2D eigenvalue weighted by molar-refractivity contribution is 0.0357. The normalized spacial score (nSPS) is 13.9. The van der Waals surface area contributed by atoms with E-state index in [1.807, 2.05) is 6.92 Å². The molecule has 0 spiro atoms. The third kappa shape index (κ3) is 5.37. The average Bonchev–Trinajstić information content (AvgIpc) is 2.42. The summed E-state index contributed by atoms with van der Waals surface area (Å²) in [5, 5.41) is 13.2. The number of ether oxygens (including phenoxy) is 1. The fraction of sp³-hybridized carbons (Fsp3) is 0.667. The summed E-state index contributed by atoms with van der Waals surface area (Å²) in [6.07, 6.45) is 1.26. The molecule has 0 radical (unpaired) electrons. The van der Waals surface area contributed by atoms with Crippen molar-refractivity contribution in [2.24, 2.45) is 5.84 Å². The van der Waals surface area contributed by atoms with Gasteiger partial charge in [0, 0.05) is 39.2 Å². The number of nitrogens with zero attached hydrogens (tertiary/aromatic N) is 2. The zero-order chi connectivity index (χ0) is 14.3. The molecule has 108 valence electrons. The van der Waals surface area contributed by atoms with Gasteiger partial charge in [-0.05, 0) is 6.92 Å². The smallest absolute Gasteiger partial charge is 0.145 e. The van der Waals surface area contributed by atoms with Crippen molar-refractivity contribution >= 4 is 11.6 Å². The van der Waals surface area contributed by atoms with Crippen LogP contribution >= 0.6 is 0 Å².